The van der Waals surface area contributed by atoms with Crippen LogP contribution in [0.3, 0.4) is 0 Å². The van der Waals surface area contributed by atoms with E-state index in [9.17, 15) is 19.6 Å². The summed E-state index contributed by atoms with van der Waals surface area (Å²) < 4.78 is 4.72. The number of hydrogen-bond acceptors (Lipinski definition) is 6. The number of hydrogen-bond donors (Lipinski definition) is 2. The Morgan fingerprint density at radius 1 is 1.40 bits per heavy atom. The molecule has 0 radical (unpaired) electrons. The summed E-state index contributed by atoms with van der Waals surface area (Å²) in [7, 11) is 1.17. The molecule has 0 unspecified atom stereocenters. The van der Waals surface area contributed by atoms with Crippen LogP contribution >= 0.6 is 23.4 Å². The summed E-state index contributed by atoms with van der Waals surface area (Å²) in [6.45, 7) is 0. The Kier molecular flexibility index (Phi) is 6.07. The minimum Gasteiger partial charge on any atom is -0.468 e. The van der Waals surface area contributed by atoms with Crippen LogP contribution in [0.4, 0.5) is 0 Å². The second-order valence-electron chi connectivity index (χ2n) is 5.13. The van der Waals surface area contributed by atoms with Gasteiger partial charge in [0.2, 0.25) is 11.8 Å². The van der Waals surface area contributed by atoms with Gasteiger partial charge in [-0.25, -0.2) is 0 Å². The average Bonchev–Trinajstić information content (AvgIpc) is 2.59. The van der Waals surface area contributed by atoms with Crippen LogP contribution in [-0.2, 0) is 19.1 Å². The monoisotopic (exact) mass is 379 g/mol. The van der Waals surface area contributed by atoms with Gasteiger partial charge in [0.05, 0.1) is 29.5 Å². The Hall–Kier alpha value is -2.50. The lowest BCUT2D eigenvalue weighted by Crippen LogP contribution is -2.44. The van der Waals surface area contributed by atoms with Crippen molar-refractivity contribution in [2.24, 2.45) is 11.7 Å². The van der Waals surface area contributed by atoms with E-state index in [1.807, 2.05) is 6.07 Å². The lowest BCUT2D eigenvalue weighted by Gasteiger charge is -2.30. The fourth-order valence-corrected chi connectivity index (χ4v) is 3.41. The largest absolute Gasteiger partial charge is 0.468 e. The van der Waals surface area contributed by atoms with Gasteiger partial charge < -0.3 is 15.8 Å². The molecule has 1 heterocycles. The molecule has 7 nitrogen and oxygen atoms in total. The number of rotatable bonds is 5. The normalized spacial score (nSPS) is 19.8. The first-order chi connectivity index (χ1) is 11.9. The molecule has 130 valence electrons. The highest BCUT2D eigenvalue weighted by atomic mass is 35.5. The van der Waals surface area contributed by atoms with Crippen LogP contribution in [0, 0.1) is 17.2 Å². The van der Waals surface area contributed by atoms with Gasteiger partial charge >= 0.3 is 5.97 Å². The number of benzene rings is 1. The van der Waals surface area contributed by atoms with Gasteiger partial charge in [0.1, 0.15) is 5.92 Å². The number of primary amides is 1. The van der Waals surface area contributed by atoms with Gasteiger partial charge in [-0.3, -0.25) is 14.4 Å². The number of nitriles is 1. The van der Waals surface area contributed by atoms with Crippen molar-refractivity contribution in [1.82, 2.24) is 5.32 Å². The van der Waals surface area contributed by atoms with E-state index in [1.165, 1.54) is 7.11 Å². The Bertz CT molecular complexity index is 786. The van der Waals surface area contributed by atoms with Crippen molar-refractivity contribution >= 4 is 41.1 Å². The van der Waals surface area contributed by atoms with Gasteiger partial charge in [0, 0.05) is 10.9 Å². The van der Waals surface area contributed by atoms with Crippen LogP contribution in [0.15, 0.2) is 34.9 Å². The summed E-state index contributed by atoms with van der Waals surface area (Å²) in [5, 5.41) is 12.8. The molecule has 0 saturated carbocycles. The molecule has 1 aromatic rings. The maximum Gasteiger partial charge on any atom is 0.319 e. The molecular weight excluding hydrogens is 366 g/mol. The maximum atomic E-state index is 12.5. The predicted molar refractivity (Wildman–Crippen MR) is 92.1 cm³/mol. The van der Waals surface area contributed by atoms with Gasteiger partial charge in [-0.1, -0.05) is 35.5 Å². The molecule has 25 heavy (non-hydrogen) atoms. The van der Waals surface area contributed by atoms with E-state index in [4.69, 9.17) is 22.1 Å². The number of carbonyl (C=O) groups is 3. The Morgan fingerprint density at radius 3 is 2.56 bits per heavy atom. The zero-order valence-electron chi connectivity index (χ0n) is 13.1. The maximum absolute atomic E-state index is 12.5. The number of nitrogens with two attached hydrogens (primary N) is 1. The number of carbonyl (C=O) groups excluding carboxylic acids is 3. The molecule has 0 bridgehead atoms. The van der Waals surface area contributed by atoms with E-state index in [0.717, 1.165) is 11.8 Å². The van der Waals surface area contributed by atoms with Crippen LogP contribution in [0.5, 0.6) is 0 Å². The summed E-state index contributed by atoms with van der Waals surface area (Å²) >= 11 is 6.82. The molecule has 1 aromatic carbocycles. The average molecular weight is 380 g/mol. The minimum atomic E-state index is -1.22. The van der Waals surface area contributed by atoms with E-state index < -0.39 is 29.6 Å². The third-order valence-electron chi connectivity index (χ3n) is 3.57. The summed E-state index contributed by atoms with van der Waals surface area (Å²) in [4.78, 5) is 35.6. The van der Waals surface area contributed by atoms with Gasteiger partial charge in [-0.15, -0.1) is 0 Å². The molecule has 2 amide bonds. The zero-order chi connectivity index (χ0) is 18.6. The number of nitrogens with one attached hydrogen (secondary N) is 1. The first kappa shape index (κ1) is 18.8. The molecule has 2 atom stereocenters. The van der Waals surface area contributed by atoms with E-state index >= 15 is 0 Å². The Labute approximate surface area is 153 Å². The minimum absolute atomic E-state index is 0.114. The van der Waals surface area contributed by atoms with Crippen molar-refractivity contribution in [3.8, 4) is 6.07 Å². The summed E-state index contributed by atoms with van der Waals surface area (Å²) in [6, 6.07) is 8.49. The van der Waals surface area contributed by atoms with Crippen LogP contribution in [0.2, 0.25) is 5.02 Å². The molecular formula is C16H14ClN3O4S. The second-order valence-corrected chi connectivity index (χ2v) is 6.55. The van der Waals surface area contributed by atoms with Crippen molar-refractivity contribution in [2.45, 2.75) is 5.92 Å². The molecule has 1 aliphatic heterocycles. The first-order valence-corrected chi connectivity index (χ1v) is 8.45. The third-order valence-corrected chi connectivity index (χ3v) is 4.86. The molecule has 0 aromatic heterocycles. The lowest BCUT2D eigenvalue weighted by atomic mass is 9.78. The number of halogens is 1. The van der Waals surface area contributed by atoms with E-state index in [0.29, 0.717) is 10.6 Å². The number of amides is 2. The molecule has 0 aliphatic carbocycles. The zero-order valence-corrected chi connectivity index (χ0v) is 14.7. The number of methoxy groups -OCH3 is 1. The molecule has 1 aliphatic rings. The van der Waals surface area contributed by atoms with Crippen LogP contribution in [0.25, 0.3) is 0 Å². The number of nitrogens with zero attached hydrogens (tertiary/aromatic N) is 1. The van der Waals surface area contributed by atoms with Gasteiger partial charge in [-0.05, 0) is 17.7 Å². The van der Waals surface area contributed by atoms with Gasteiger partial charge in [0.15, 0.2) is 0 Å². The molecule has 0 spiro atoms. The molecule has 0 fully saturated rings. The Morgan fingerprint density at radius 2 is 2.04 bits per heavy atom. The third kappa shape index (κ3) is 4.13. The van der Waals surface area contributed by atoms with E-state index in [-0.39, 0.29) is 16.4 Å². The summed E-state index contributed by atoms with van der Waals surface area (Å²) in [5.74, 6) is -4.15. The van der Waals surface area contributed by atoms with Crippen LogP contribution < -0.4 is 11.1 Å². The van der Waals surface area contributed by atoms with Crippen LogP contribution in [0.1, 0.15) is 11.5 Å². The predicted octanol–water partition coefficient (Wildman–Crippen LogP) is 1.30. The quantitative estimate of drug-likeness (QED) is 0.587. The number of thioether (sulfide) groups is 1. The second kappa shape index (κ2) is 8.05. The summed E-state index contributed by atoms with van der Waals surface area (Å²) in [5.41, 5.74) is 5.84. The van der Waals surface area contributed by atoms with Crippen LogP contribution in [-0.4, -0.2) is 30.6 Å². The SMILES string of the molecule is COC(=O)[C@H]1C(=O)NC(SCC(N)=O)=C(C#N)[C@@H]1c1ccc(Cl)cc1. The molecule has 3 N–H and O–H groups in total. The highest BCUT2D eigenvalue weighted by Gasteiger charge is 2.44. The Balaban J connectivity index is 2.57. The number of ether oxygens (including phenoxy) is 1. The van der Waals surface area contributed by atoms with Gasteiger partial charge in [-0.2, -0.15) is 5.26 Å². The fraction of sp³-hybridized carbons (Fsp3) is 0.250. The summed E-state index contributed by atoms with van der Waals surface area (Å²) in [6.07, 6.45) is 0. The lowest BCUT2D eigenvalue weighted by molar-refractivity contribution is -0.150. The number of esters is 1. The molecule has 2 rings (SSSR count). The highest BCUT2D eigenvalue weighted by Crippen LogP contribution is 2.40. The topological polar surface area (TPSA) is 122 Å². The van der Waals surface area contributed by atoms with Crippen molar-refractivity contribution in [3.63, 3.8) is 0 Å². The van der Waals surface area contributed by atoms with Gasteiger partial charge in [0.25, 0.3) is 0 Å². The van der Waals surface area contributed by atoms with Crippen molar-refractivity contribution in [2.75, 3.05) is 12.9 Å². The highest BCUT2D eigenvalue weighted by molar-refractivity contribution is 8.03. The number of allylic oxidation sites excluding steroid dienone is 1. The smallest absolute Gasteiger partial charge is 0.319 e. The molecule has 9 heteroatoms. The van der Waals surface area contributed by atoms with E-state index in [1.54, 1.807) is 24.3 Å². The first-order valence-electron chi connectivity index (χ1n) is 7.08. The molecule has 0 saturated heterocycles. The van der Waals surface area contributed by atoms with Crippen molar-refractivity contribution in [1.29, 1.82) is 5.26 Å². The van der Waals surface area contributed by atoms with Crippen molar-refractivity contribution < 1.29 is 19.1 Å². The van der Waals surface area contributed by atoms with Crippen molar-refractivity contribution in [3.05, 3.63) is 45.5 Å². The fourth-order valence-electron chi connectivity index (χ4n) is 2.49. The van der Waals surface area contributed by atoms with E-state index in [2.05, 4.69) is 5.32 Å². The standard InChI is InChI=1S/C16H14ClN3O4S/c1-24-16(23)13-12(8-2-4-9(17)5-3-8)10(6-18)15(20-14(13)22)25-7-11(19)21/h2-5,12-13H,7H2,1H3,(H2,19,21)(H,20,22)/t12-,13+/m0/s1.